The van der Waals surface area contributed by atoms with E-state index in [1.807, 2.05) is 24.4 Å². The summed E-state index contributed by atoms with van der Waals surface area (Å²) in [5.74, 6) is 0. The first-order valence-corrected chi connectivity index (χ1v) is 6.18. The molecule has 0 aromatic carbocycles. The highest BCUT2D eigenvalue weighted by atomic mass is 79.9. The van der Waals surface area contributed by atoms with Gasteiger partial charge in [-0.1, -0.05) is 0 Å². The first-order chi connectivity index (χ1) is 7.18. The van der Waals surface area contributed by atoms with Crippen LogP contribution in [0.1, 0.15) is 22.8 Å². The third kappa shape index (κ3) is 2.27. The Kier molecular flexibility index (Phi) is 3.19. The minimum Gasteiger partial charge on any atom is -0.384 e. The second-order valence-electron chi connectivity index (χ2n) is 3.32. The van der Waals surface area contributed by atoms with Crippen molar-refractivity contribution in [2.75, 3.05) is 0 Å². The predicted molar refractivity (Wildman–Crippen MR) is 65.1 cm³/mol. The number of aromatic nitrogens is 1. The van der Waals surface area contributed by atoms with Crippen molar-refractivity contribution in [3.63, 3.8) is 0 Å². The molecule has 0 aliphatic carbocycles. The summed E-state index contributed by atoms with van der Waals surface area (Å²) in [4.78, 5) is 4.03. The molecule has 0 amide bonds. The van der Waals surface area contributed by atoms with E-state index in [-0.39, 0.29) is 0 Å². The molecule has 1 unspecified atom stereocenters. The molecular weight excluding hydrogens is 274 g/mol. The van der Waals surface area contributed by atoms with Gasteiger partial charge in [0.2, 0.25) is 0 Å². The van der Waals surface area contributed by atoms with Gasteiger partial charge in [-0.15, -0.1) is 11.3 Å². The van der Waals surface area contributed by atoms with Crippen molar-refractivity contribution < 1.29 is 5.11 Å². The molecule has 0 saturated carbocycles. The molecule has 0 spiro atoms. The summed E-state index contributed by atoms with van der Waals surface area (Å²) in [7, 11) is 0. The Bertz CT molecular complexity index is 469. The zero-order valence-corrected chi connectivity index (χ0v) is 10.5. The van der Waals surface area contributed by atoms with Gasteiger partial charge in [0, 0.05) is 18.0 Å². The summed E-state index contributed by atoms with van der Waals surface area (Å²) in [6, 6.07) is 3.84. The molecule has 0 aliphatic rings. The lowest BCUT2D eigenvalue weighted by molar-refractivity contribution is 0.219. The maximum Gasteiger partial charge on any atom is 0.107 e. The number of aliphatic hydroxyl groups excluding tert-OH is 1. The Morgan fingerprint density at radius 1 is 1.53 bits per heavy atom. The Morgan fingerprint density at radius 2 is 2.33 bits per heavy atom. The van der Waals surface area contributed by atoms with Crippen molar-refractivity contribution in [1.82, 2.24) is 4.98 Å². The van der Waals surface area contributed by atoms with Crippen LogP contribution < -0.4 is 0 Å². The topological polar surface area (TPSA) is 33.1 Å². The molecule has 0 saturated heterocycles. The highest BCUT2D eigenvalue weighted by Crippen LogP contribution is 2.30. The van der Waals surface area contributed by atoms with E-state index in [1.165, 1.54) is 0 Å². The fourth-order valence-corrected chi connectivity index (χ4v) is 2.60. The molecule has 1 atom stereocenters. The number of thiophene rings is 1. The molecule has 15 heavy (non-hydrogen) atoms. The molecule has 0 radical (unpaired) electrons. The Labute approximate surface area is 101 Å². The normalized spacial score (nSPS) is 12.7. The quantitative estimate of drug-likeness (QED) is 0.918. The number of halogens is 1. The van der Waals surface area contributed by atoms with Crippen LogP contribution in [0.3, 0.4) is 0 Å². The maximum absolute atomic E-state index is 10.1. The molecule has 78 valence electrons. The van der Waals surface area contributed by atoms with Crippen LogP contribution >= 0.6 is 27.3 Å². The average molecular weight is 284 g/mol. The van der Waals surface area contributed by atoms with Gasteiger partial charge < -0.3 is 5.11 Å². The lowest BCUT2D eigenvalue weighted by Gasteiger charge is -2.11. The van der Waals surface area contributed by atoms with Gasteiger partial charge in [-0.3, -0.25) is 4.98 Å². The van der Waals surface area contributed by atoms with Gasteiger partial charge in [0.1, 0.15) is 6.10 Å². The second-order valence-corrected chi connectivity index (χ2v) is 5.61. The van der Waals surface area contributed by atoms with Gasteiger partial charge in [0.05, 0.1) is 3.79 Å². The Morgan fingerprint density at radius 3 is 2.93 bits per heavy atom. The van der Waals surface area contributed by atoms with Crippen molar-refractivity contribution in [3.05, 3.63) is 50.4 Å². The van der Waals surface area contributed by atoms with Gasteiger partial charge in [-0.25, -0.2) is 0 Å². The summed E-state index contributed by atoms with van der Waals surface area (Å²) in [6.07, 6.45) is 2.86. The van der Waals surface area contributed by atoms with E-state index in [0.29, 0.717) is 0 Å². The Balaban J connectivity index is 2.36. The fraction of sp³-hybridized carbons (Fsp3) is 0.182. The number of nitrogens with zero attached hydrogens (tertiary/aromatic N) is 1. The third-order valence-electron chi connectivity index (χ3n) is 2.28. The van der Waals surface area contributed by atoms with Crippen molar-refractivity contribution in [2.45, 2.75) is 13.0 Å². The van der Waals surface area contributed by atoms with Crippen LogP contribution in [-0.2, 0) is 0 Å². The minimum atomic E-state index is -0.582. The van der Waals surface area contributed by atoms with Gasteiger partial charge in [0.15, 0.2) is 0 Å². The molecule has 0 fully saturated rings. The minimum absolute atomic E-state index is 0.582. The summed E-state index contributed by atoms with van der Waals surface area (Å²) in [6.45, 7) is 1.97. The van der Waals surface area contributed by atoms with Crippen molar-refractivity contribution in [2.24, 2.45) is 0 Å². The summed E-state index contributed by atoms with van der Waals surface area (Å²) in [5, 5.41) is 12.1. The van der Waals surface area contributed by atoms with Gasteiger partial charge >= 0.3 is 0 Å². The lowest BCUT2D eigenvalue weighted by atomic mass is 10.0. The SMILES string of the molecule is Cc1ccncc1C(O)c1csc(Br)c1. The highest BCUT2D eigenvalue weighted by molar-refractivity contribution is 9.11. The van der Waals surface area contributed by atoms with Crippen LogP contribution in [-0.4, -0.2) is 10.1 Å². The molecule has 2 rings (SSSR count). The second kappa shape index (κ2) is 4.43. The summed E-state index contributed by atoms with van der Waals surface area (Å²) >= 11 is 4.95. The van der Waals surface area contributed by atoms with E-state index < -0.39 is 6.10 Å². The van der Waals surface area contributed by atoms with Gasteiger partial charge in [-0.2, -0.15) is 0 Å². The van der Waals surface area contributed by atoms with Crippen LogP contribution in [0.5, 0.6) is 0 Å². The number of aliphatic hydroxyl groups is 1. The van der Waals surface area contributed by atoms with Crippen LogP contribution in [0.15, 0.2) is 33.7 Å². The number of rotatable bonds is 2. The van der Waals surface area contributed by atoms with E-state index >= 15 is 0 Å². The van der Waals surface area contributed by atoms with Crippen LogP contribution in [0.2, 0.25) is 0 Å². The molecule has 0 aliphatic heterocycles. The van der Waals surface area contributed by atoms with Gasteiger partial charge in [0.25, 0.3) is 0 Å². The zero-order chi connectivity index (χ0) is 10.8. The number of hydrogen-bond donors (Lipinski definition) is 1. The molecule has 0 bridgehead atoms. The molecule has 2 heterocycles. The third-order valence-corrected chi connectivity index (χ3v) is 3.80. The predicted octanol–water partition coefficient (Wildman–Crippen LogP) is 3.30. The molecule has 2 nitrogen and oxygen atoms in total. The standard InChI is InChI=1S/C11H10BrNOS/c1-7-2-3-13-5-9(7)11(14)8-4-10(12)15-6-8/h2-6,11,14H,1H3. The first-order valence-electron chi connectivity index (χ1n) is 4.51. The average Bonchev–Trinajstić information content (AvgIpc) is 2.65. The highest BCUT2D eigenvalue weighted by Gasteiger charge is 2.14. The van der Waals surface area contributed by atoms with E-state index in [1.54, 1.807) is 23.7 Å². The summed E-state index contributed by atoms with van der Waals surface area (Å²) < 4.78 is 1.03. The summed E-state index contributed by atoms with van der Waals surface area (Å²) in [5.41, 5.74) is 2.82. The van der Waals surface area contributed by atoms with E-state index in [9.17, 15) is 5.11 Å². The van der Waals surface area contributed by atoms with Crippen LogP contribution in [0.4, 0.5) is 0 Å². The number of aryl methyl sites for hydroxylation is 1. The van der Waals surface area contributed by atoms with E-state index in [0.717, 1.165) is 20.5 Å². The van der Waals surface area contributed by atoms with E-state index in [2.05, 4.69) is 20.9 Å². The molecule has 4 heteroatoms. The molecule has 1 N–H and O–H groups in total. The first kappa shape index (κ1) is 10.8. The Hall–Kier alpha value is -0.710. The van der Waals surface area contributed by atoms with Crippen molar-refractivity contribution in [3.8, 4) is 0 Å². The largest absolute Gasteiger partial charge is 0.384 e. The lowest BCUT2D eigenvalue weighted by Crippen LogP contribution is -2.00. The monoisotopic (exact) mass is 283 g/mol. The fourth-order valence-electron chi connectivity index (χ4n) is 1.41. The smallest absolute Gasteiger partial charge is 0.107 e. The van der Waals surface area contributed by atoms with Crippen molar-refractivity contribution in [1.29, 1.82) is 0 Å². The zero-order valence-electron chi connectivity index (χ0n) is 8.14. The van der Waals surface area contributed by atoms with Crippen molar-refractivity contribution >= 4 is 27.3 Å². The maximum atomic E-state index is 10.1. The number of hydrogen-bond acceptors (Lipinski definition) is 3. The number of pyridine rings is 1. The van der Waals surface area contributed by atoms with E-state index in [4.69, 9.17) is 0 Å². The van der Waals surface area contributed by atoms with Gasteiger partial charge in [-0.05, 0) is 51.5 Å². The molecule has 2 aromatic heterocycles. The van der Waals surface area contributed by atoms with Crippen LogP contribution in [0.25, 0.3) is 0 Å². The molecular formula is C11H10BrNOS. The molecule has 2 aromatic rings. The van der Waals surface area contributed by atoms with Crippen LogP contribution in [0, 0.1) is 6.92 Å².